The van der Waals surface area contributed by atoms with Crippen molar-refractivity contribution < 1.29 is 4.74 Å². The van der Waals surface area contributed by atoms with Gasteiger partial charge in [-0.25, -0.2) is 0 Å². The Bertz CT molecular complexity index is 528. The first-order valence-corrected chi connectivity index (χ1v) is 5.85. The number of rotatable bonds is 4. The second kappa shape index (κ2) is 5.60. The van der Waals surface area contributed by atoms with Crippen LogP contribution in [0.25, 0.3) is 0 Å². The van der Waals surface area contributed by atoms with E-state index in [1.807, 2.05) is 30.3 Å². The fraction of sp³-hybridized carbons (Fsp3) is 0.154. The maximum atomic E-state index is 5.82. The first-order valence-electron chi connectivity index (χ1n) is 5.48. The standard InChI is InChI=1S/C13H14ClN3O/c1-18-13-11(15)6-7-12(17-13)16-8-9-2-4-10(14)5-3-9/h2-7H,8,15H2,1H3,(H,16,17). The number of anilines is 2. The molecule has 0 radical (unpaired) electrons. The molecule has 0 unspecified atom stereocenters. The molecular formula is C13H14ClN3O. The molecule has 0 spiro atoms. The molecule has 1 aromatic carbocycles. The van der Waals surface area contributed by atoms with Crippen LogP contribution in [0.3, 0.4) is 0 Å². The highest BCUT2D eigenvalue weighted by Gasteiger charge is 2.02. The summed E-state index contributed by atoms with van der Waals surface area (Å²) in [6.45, 7) is 0.664. The van der Waals surface area contributed by atoms with Crippen molar-refractivity contribution in [2.45, 2.75) is 6.54 Å². The van der Waals surface area contributed by atoms with E-state index < -0.39 is 0 Å². The lowest BCUT2D eigenvalue weighted by molar-refractivity contribution is 0.401. The maximum absolute atomic E-state index is 5.82. The van der Waals surface area contributed by atoms with Gasteiger partial charge in [-0.2, -0.15) is 4.98 Å². The first-order chi connectivity index (χ1) is 8.69. The van der Waals surface area contributed by atoms with Gasteiger partial charge in [0.2, 0.25) is 5.88 Å². The predicted molar refractivity (Wildman–Crippen MR) is 74.0 cm³/mol. The molecule has 1 aromatic heterocycles. The van der Waals surface area contributed by atoms with Crippen LogP contribution in [0.2, 0.25) is 5.02 Å². The number of methoxy groups -OCH3 is 1. The average molecular weight is 264 g/mol. The van der Waals surface area contributed by atoms with Crippen molar-refractivity contribution in [3.05, 3.63) is 47.0 Å². The topological polar surface area (TPSA) is 60.2 Å². The molecule has 0 saturated carbocycles. The molecule has 4 nitrogen and oxygen atoms in total. The highest BCUT2D eigenvalue weighted by Crippen LogP contribution is 2.20. The minimum absolute atomic E-state index is 0.427. The first kappa shape index (κ1) is 12.5. The van der Waals surface area contributed by atoms with Gasteiger partial charge >= 0.3 is 0 Å². The molecule has 2 aromatic rings. The molecule has 94 valence electrons. The maximum Gasteiger partial charge on any atom is 0.238 e. The molecule has 0 aliphatic rings. The monoisotopic (exact) mass is 263 g/mol. The number of pyridine rings is 1. The summed E-state index contributed by atoms with van der Waals surface area (Å²) in [6.07, 6.45) is 0. The quantitative estimate of drug-likeness (QED) is 0.890. The molecule has 0 aliphatic carbocycles. The summed E-state index contributed by atoms with van der Waals surface area (Å²) >= 11 is 5.82. The lowest BCUT2D eigenvalue weighted by Gasteiger charge is -2.08. The predicted octanol–water partition coefficient (Wildman–Crippen LogP) is 2.94. The van der Waals surface area contributed by atoms with Gasteiger partial charge in [-0.3, -0.25) is 0 Å². The summed E-state index contributed by atoms with van der Waals surface area (Å²) in [4.78, 5) is 4.24. The van der Waals surface area contributed by atoms with Crippen LogP contribution < -0.4 is 15.8 Å². The highest BCUT2D eigenvalue weighted by molar-refractivity contribution is 6.30. The minimum Gasteiger partial charge on any atom is -0.479 e. The minimum atomic E-state index is 0.427. The van der Waals surface area contributed by atoms with Crippen LogP contribution in [0.1, 0.15) is 5.56 Å². The number of hydrogen-bond donors (Lipinski definition) is 2. The zero-order chi connectivity index (χ0) is 13.0. The number of benzene rings is 1. The highest BCUT2D eigenvalue weighted by atomic mass is 35.5. The summed E-state index contributed by atoms with van der Waals surface area (Å²) in [5, 5.41) is 3.92. The zero-order valence-corrected chi connectivity index (χ0v) is 10.7. The number of aromatic nitrogens is 1. The van der Waals surface area contributed by atoms with Crippen molar-refractivity contribution in [2.24, 2.45) is 0 Å². The SMILES string of the molecule is COc1nc(NCc2ccc(Cl)cc2)ccc1N. The summed E-state index contributed by atoms with van der Waals surface area (Å²) in [5.74, 6) is 1.15. The van der Waals surface area contributed by atoms with E-state index in [2.05, 4.69) is 10.3 Å². The number of hydrogen-bond acceptors (Lipinski definition) is 4. The zero-order valence-electron chi connectivity index (χ0n) is 9.98. The molecule has 5 heteroatoms. The number of ether oxygens (including phenoxy) is 1. The third kappa shape index (κ3) is 3.05. The molecule has 0 aliphatic heterocycles. The van der Waals surface area contributed by atoms with E-state index in [1.54, 1.807) is 13.2 Å². The van der Waals surface area contributed by atoms with Crippen molar-refractivity contribution in [3.8, 4) is 5.88 Å². The Balaban J connectivity index is 2.04. The van der Waals surface area contributed by atoms with Crippen molar-refractivity contribution in [1.29, 1.82) is 0 Å². The second-order valence-electron chi connectivity index (χ2n) is 3.78. The van der Waals surface area contributed by atoms with Gasteiger partial charge in [0.25, 0.3) is 0 Å². The summed E-state index contributed by atoms with van der Waals surface area (Å²) < 4.78 is 5.06. The number of halogens is 1. The molecular weight excluding hydrogens is 250 g/mol. The van der Waals surface area contributed by atoms with Crippen molar-refractivity contribution >= 4 is 23.1 Å². The van der Waals surface area contributed by atoms with Gasteiger partial charge < -0.3 is 15.8 Å². The van der Waals surface area contributed by atoms with Gasteiger partial charge in [-0.05, 0) is 29.8 Å². The Kier molecular flexibility index (Phi) is 3.89. The van der Waals surface area contributed by atoms with Crippen molar-refractivity contribution in [3.63, 3.8) is 0 Å². The molecule has 18 heavy (non-hydrogen) atoms. The normalized spacial score (nSPS) is 10.1. The van der Waals surface area contributed by atoms with Crippen LogP contribution in [0.4, 0.5) is 11.5 Å². The number of nitrogens with one attached hydrogen (secondary N) is 1. The van der Waals surface area contributed by atoms with E-state index in [-0.39, 0.29) is 0 Å². The fourth-order valence-corrected chi connectivity index (χ4v) is 1.63. The third-order valence-electron chi connectivity index (χ3n) is 2.47. The summed E-state index contributed by atoms with van der Waals surface area (Å²) in [6, 6.07) is 11.2. The third-order valence-corrected chi connectivity index (χ3v) is 2.72. The molecule has 0 saturated heterocycles. The lowest BCUT2D eigenvalue weighted by atomic mass is 10.2. The van der Waals surface area contributed by atoms with Gasteiger partial charge in [0.15, 0.2) is 0 Å². The van der Waals surface area contributed by atoms with Crippen LogP contribution in [-0.2, 0) is 6.54 Å². The lowest BCUT2D eigenvalue weighted by Crippen LogP contribution is -2.03. The molecule has 0 fully saturated rings. The van der Waals surface area contributed by atoms with Crippen LogP contribution in [-0.4, -0.2) is 12.1 Å². The van der Waals surface area contributed by atoms with Crippen molar-refractivity contribution in [2.75, 3.05) is 18.2 Å². The Morgan fingerprint density at radius 1 is 1.22 bits per heavy atom. The average Bonchev–Trinajstić information content (AvgIpc) is 2.39. The van der Waals surface area contributed by atoms with Gasteiger partial charge in [0.05, 0.1) is 12.8 Å². The van der Waals surface area contributed by atoms with Crippen molar-refractivity contribution in [1.82, 2.24) is 4.98 Å². The smallest absolute Gasteiger partial charge is 0.238 e. The number of nitrogens with zero attached hydrogens (tertiary/aromatic N) is 1. The van der Waals surface area contributed by atoms with Gasteiger partial charge in [-0.15, -0.1) is 0 Å². The molecule has 0 bridgehead atoms. The van der Waals surface area contributed by atoms with E-state index in [0.29, 0.717) is 18.1 Å². The van der Waals surface area contributed by atoms with E-state index in [4.69, 9.17) is 22.1 Å². The second-order valence-corrected chi connectivity index (χ2v) is 4.21. The van der Waals surface area contributed by atoms with Gasteiger partial charge in [0, 0.05) is 11.6 Å². The molecule has 3 N–H and O–H groups in total. The summed E-state index contributed by atoms with van der Waals surface area (Å²) in [7, 11) is 1.54. The molecule has 0 amide bonds. The van der Waals surface area contributed by atoms with Crippen LogP contribution in [0, 0.1) is 0 Å². The Hall–Kier alpha value is -1.94. The van der Waals surface area contributed by atoms with Crippen LogP contribution in [0.15, 0.2) is 36.4 Å². The molecule has 0 atom stereocenters. The number of nitrogen functional groups attached to an aromatic ring is 1. The largest absolute Gasteiger partial charge is 0.479 e. The molecule has 1 heterocycles. The van der Waals surface area contributed by atoms with Crippen LogP contribution in [0.5, 0.6) is 5.88 Å². The van der Waals surface area contributed by atoms with Gasteiger partial charge in [0.1, 0.15) is 5.82 Å². The van der Waals surface area contributed by atoms with E-state index in [1.165, 1.54) is 0 Å². The van der Waals surface area contributed by atoms with Gasteiger partial charge in [-0.1, -0.05) is 23.7 Å². The molecule has 2 rings (SSSR count). The Labute approximate surface area is 111 Å². The Morgan fingerprint density at radius 2 is 1.94 bits per heavy atom. The summed E-state index contributed by atoms with van der Waals surface area (Å²) in [5.41, 5.74) is 7.34. The van der Waals surface area contributed by atoms with E-state index in [9.17, 15) is 0 Å². The fourth-order valence-electron chi connectivity index (χ4n) is 1.51. The van der Waals surface area contributed by atoms with Crippen LogP contribution >= 0.6 is 11.6 Å². The van der Waals surface area contributed by atoms with E-state index in [0.717, 1.165) is 16.4 Å². The van der Waals surface area contributed by atoms with E-state index >= 15 is 0 Å². The Morgan fingerprint density at radius 3 is 2.61 bits per heavy atom. The number of nitrogens with two attached hydrogens (primary N) is 1.